The molecular weight excluding hydrogens is 196 g/mol. The summed E-state index contributed by atoms with van der Waals surface area (Å²) in [5, 5.41) is 0. The van der Waals surface area contributed by atoms with Gasteiger partial charge < -0.3 is 12.4 Å². The molecule has 1 rings (SSSR count). The van der Waals surface area contributed by atoms with E-state index < -0.39 is 9.72 Å². The van der Waals surface area contributed by atoms with Gasteiger partial charge in [-0.3, -0.25) is 0 Å². The van der Waals surface area contributed by atoms with Gasteiger partial charge in [0.25, 0.3) is 0 Å². The lowest BCUT2D eigenvalue weighted by atomic mass is 10.4. The molecular formula is C8H13ClO2S. The third-order valence-electron chi connectivity index (χ3n) is 1.43. The Hall–Kier alpha value is -0.220. The minimum absolute atomic E-state index is 0. The fraction of sp³-hybridized carbons (Fsp3) is 0.250. The van der Waals surface area contributed by atoms with Gasteiger partial charge in [-0.05, 0) is 0 Å². The Morgan fingerprint density at radius 3 is 1.67 bits per heavy atom. The molecule has 0 unspecified atom stereocenters. The number of hydrogen-bond donors (Lipinski definition) is 2. The Balaban J connectivity index is 0.00000121. The molecule has 1 aromatic rings. The van der Waals surface area contributed by atoms with Crippen LogP contribution in [0.5, 0.6) is 0 Å². The Labute approximate surface area is 79.3 Å². The van der Waals surface area contributed by atoms with E-state index in [0.717, 1.165) is 0 Å². The highest BCUT2D eigenvalue weighted by Gasteiger charge is 2.26. The predicted octanol–water partition coefficient (Wildman–Crippen LogP) is -1.06. The summed E-state index contributed by atoms with van der Waals surface area (Å²) in [6.07, 6.45) is 2.93. The standard InChI is InChI=1S/C8H13O2S.ClH/c1-11(2,9,10)8-6-4-3-5-7-8;/h3-7,9-10H,1-2H3;1H/q+1;/p-1. The van der Waals surface area contributed by atoms with Crippen LogP contribution in [0.15, 0.2) is 35.2 Å². The molecule has 0 aliphatic rings. The average molecular weight is 209 g/mol. The first-order chi connectivity index (χ1) is 4.86. The first kappa shape index (κ1) is 11.8. The molecule has 0 spiro atoms. The van der Waals surface area contributed by atoms with Gasteiger partial charge in [-0.15, -0.1) is 0 Å². The van der Waals surface area contributed by atoms with E-state index in [4.69, 9.17) is 0 Å². The second-order valence-electron chi connectivity index (χ2n) is 3.12. The van der Waals surface area contributed by atoms with E-state index in [1.807, 2.05) is 6.07 Å². The molecule has 0 saturated heterocycles. The molecule has 0 aromatic heterocycles. The molecule has 0 radical (unpaired) electrons. The zero-order chi connectivity index (χ0) is 8.56. The lowest BCUT2D eigenvalue weighted by Gasteiger charge is -2.42. The molecule has 2 nitrogen and oxygen atoms in total. The highest BCUT2D eigenvalue weighted by molar-refractivity contribution is 8.20. The highest BCUT2D eigenvalue weighted by Crippen LogP contribution is 2.31. The third-order valence-corrected chi connectivity index (χ3v) is 3.06. The minimum atomic E-state index is -3.26. The van der Waals surface area contributed by atoms with Crippen molar-refractivity contribution in [2.75, 3.05) is 12.5 Å². The van der Waals surface area contributed by atoms with E-state index in [2.05, 4.69) is 0 Å². The lowest BCUT2D eigenvalue weighted by Crippen LogP contribution is -3.00. The summed E-state index contributed by atoms with van der Waals surface area (Å²) >= 11 is 0. The molecule has 1 aromatic carbocycles. The molecule has 0 aliphatic carbocycles. The fourth-order valence-electron chi connectivity index (χ4n) is 0.814. The number of hydrogen-bond acceptors (Lipinski definition) is 2. The smallest absolute Gasteiger partial charge is 0.157 e. The van der Waals surface area contributed by atoms with Crippen LogP contribution in [0.4, 0.5) is 0 Å². The molecule has 2 N–H and O–H groups in total. The first-order valence-electron chi connectivity index (χ1n) is 3.30. The lowest BCUT2D eigenvalue weighted by molar-refractivity contribution is -0.00000591. The van der Waals surface area contributed by atoms with Gasteiger partial charge in [-0.2, -0.15) is 9.72 Å². The quantitative estimate of drug-likeness (QED) is 0.578. The molecule has 0 heterocycles. The molecule has 4 heteroatoms. The van der Waals surface area contributed by atoms with Crippen molar-refractivity contribution in [3.8, 4) is 0 Å². The van der Waals surface area contributed by atoms with Crippen molar-refractivity contribution in [1.29, 1.82) is 0 Å². The van der Waals surface area contributed by atoms with Crippen molar-refractivity contribution in [3.63, 3.8) is 0 Å². The van der Waals surface area contributed by atoms with Crippen LogP contribution < -0.4 is 12.4 Å². The van der Waals surface area contributed by atoms with Gasteiger partial charge in [0.05, 0.1) is 12.5 Å². The molecule has 12 heavy (non-hydrogen) atoms. The fourth-order valence-corrected chi connectivity index (χ4v) is 1.76. The van der Waals surface area contributed by atoms with Crippen LogP contribution in [0.3, 0.4) is 0 Å². The molecule has 0 saturated carbocycles. The largest absolute Gasteiger partial charge is 1.00 e. The van der Waals surface area contributed by atoms with Crippen molar-refractivity contribution in [3.05, 3.63) is 30.3 Å². The summed E-state index contributed by atoms with van der Waals surface area (Å²) in [7, 11) is -3.26. The molecule has 0 aliphatic heterocycles. The second kappa shape index (κ2) is 3.26. The maximum absolute atomic E-state index is 9.62. The third kappa shape index (κ3) is 3.03. The van der Waals surface area contributed by atoms with Gasteiger partial charge in [-0.25, -0.2) is 9.11 Å². The SMILES string of the molecule is C[S+](C)(O)(O)c1ccccc1.[Cl-]. The summed E-state index contributed by atoms with van der Waals surface area (Å²) in [5.41, 5.74) is 0. The average Bonchev–Trinajstić information content (AvgIpc) is 1.86. The number of halogens is 1. The van der Waals surface area contributed by atoms with Crippen LogP contribution in [0, 0.1) is 0 Å². The molecule has 0 fully saturated rings. The predicted molar refractivity (Wildman–Crippen MR) is 49.2 cm³/mol. The summed E-state index contributed by atoms with van der Waals surface area (Å²) in [6, 6.07) is 8.89. The summed E-state index contributed by atoms with van der Waals surface area (Å²) in [4.78, 5) is 0.601. The monoisotopic (exact) mass is 208 g/mol. The van der Waals surface area contributed by atoms with Crippen molar-refractivity contribution >= 4 is 9.72 Å². The Bertz CT molecular complexity index is 244. The van der Waals surface area contributed by atoms with E-state index in [-0.39, 0.29) is 12.4 Å². The van der Waals surface area contributed by atoms with Crippen LogP contribution >= 0.6 is 0 Å². The van der Waals surface area contributed by atoms with Crippen molar-refractivity contribution < 1.29 is 21.5 Å². The summed E-state index contributed by atoms with van der Waals surface area (Å²) in [6.45, 7) is 0. The highest BCUT2D eigenvalue weighted by atomic mass is 35.5. The number of rotatable bonds is 1. The molecule has 0 amide bonds. The molecule has 0 atom stereocenters. The zero-order valence-electron chi connectivity index (χ0n) is 7.07. The van der Waals surface area contributed by atoms with Crippen LogP contribution in [-0.2, 0) is 9.72 Å². The Morgan fingerprint density at radius 1 is 1.00 bits per heavy atom. The number of benzene rings is 1. The second-order valence-corrected chi connectivity index (χ2v) is 7.22. The van der Waals surface area contributed by atoms with E-state index in [0.29, 0.717) is 4.90 Å². The maximum Gasteiger partial charge on any atom is 0.157 e. The van der Waals surface area contributed by atoms with Gasteiger partial charge >= 0.3 is 0 Å². The van der Waals surface area contributed by atoms with Crippen LogP contribution in [0.1, 0.15) is 0 Å². The van der Waals surface area contributed by atoms with E-state index in [1.54, 1.807) is 24.3 Å². The van der Waals surface area contributed by atoms with Gasteiger partial charge in [-0.1, -0.05) is 18.2 Å². The van der Waals surface area contributed by atoms with Gasteiger partial charge in [0.15, 0.2) is 4.90 Å². The minimum Gasteiger partial charge on any atom is -1.00 e. The molecule has 70 valence electrons. The van der Waals surface area contributed by atoms with Crippen LogP contribution in [-0.4, -0.2) is 21.6 Å². The van der Waals surface area contributed by atoms with Crippen LogP contribution in [0.25, 0.3) is 0 Å². The van der Waals surface area contributed by atoms with Gasteiger partial charge in [0, 0.05) is 12.1 Å². The topological polar surface area (TPSA) is 40.5 Å². The van der Waals surface area contributed by atoms with Crippen LogP contribution in [0.2, 0.25) is 0 Å². The van der Waals surface area contributed by atoms with Gasteiger partial charge in [0.1, 0.15) is 0 Å². The van der Waals surface area contributed by atoms with E-state index in [1.165, 1.54) is 12.5 Å². The van der Waals surface area contributed by atoms with Crippen molar-refractivity contribution in [1.82, 2.24) is 0 Å². The first-order valence-corrected chi connectivity index (χ1v) is 6.07. The summed E-state index contributed by atoms with van der Waals surface area (Å²) < 4.78 is 19.2. The van der Waals surface area contributed by atoms with E-state index in [9.17, 15) is 9.11 Å². The van der Waals surface area contributed by atoms with E-state index >= 15 is 0 Å². The Morgan fingerprint density at radius 2 is 1.42 bits per heavy atom. The molecule has 0 bridgehead atoms. The Kier molecular flexibility index (Phi) is 3.20. The summed E-state index contributed by atoms with van der Waals surface area (Å²) in [5.74, 6) is 0. The van der Waals surface area contributed by atoms with Crippen molar-refractivity contribution in [2.45, 2.75) is 4.90 Å². The maximum atomic E-state index is 9.62. The van der Waals surface area contributed by atoms with Crippen molar-refractivity contribution in [2.24, 2.45) is 0 Å². The zero-order valence-corrected chi connectivity index (χ0v) is 8.64. The van der Waals surface area contributed by atoms with Gasteiger partial charge in [0.2, 0.25) is 0 Å². The normalized spacial score (nSPS) is 14.2.